The molecule has 152 valence electrons. The molecule has 1 atom stereocenters. The Morgan fingerprint density at radius 1 is 1.04 bits per heavy atom. The van der Waals surface area contributed by atoms with Crippen molar-refractivity contribution in [2.24, 2.45) is 0 Å². The quantitative estimate of drug-likeness (QED) is 0.639. The van der Waals surface area contributed by atoms with Gasteiger partial charge in [0.2, 0.25) is 15.9 Å². The van der Waals surface area contributed by atoms with Gasteiger partial charge in [-0.25, -0.2) is 8.42 Å². The molecule has 7 heteroatoms. The first-order valence-electron chi connectivity index (χ1n) is 9.21. The number of benzene rings is 2. The van der Waals surface area contributed by atoms with Crippen LogP contribution >= 0.6 is 11.8 Å². The molecule has 0 aromatic heterocycles. The van der Waals surface area contributed by atoms with Gasteiger partial charge in [0.25, 0.3) is 0 Å². The molecule has 2 aromatic rings. The Labute approximate surface area is 172 Å². The molecule has 2 aromatic carbocycles. The summed E-state index contributed by atoms with van der Waals surface area (Å²) >= 11 is 1.57. The molecule has 2 N–H and O–H groups in total. The van der Waals surface area contributed by atoms with Gasteiger partial charge in [0.15, 0.2) is 0 Å². The van der Waals surface area contributed by atoms with Crippen LogP contribution in [0.15, 0.2) is 53.4 Å². The zero-order valence-corrected chi connectivity index (χ0v) is 18.4. The predicted octanol–water partition coefficient (Wildman–Crippen LogP) is 4.16. The number of amides is 1. The largest absolute Gasteiger partial charge is 0.325 e. The maximum absolute atomic E-state index is 12.8. The van der Waals surface area contributed by atoms with Crippen LogP contribution in [0.4, 0.5) is 5.69 Å². The highest BCUT2D eigenvalue weighted by atomic mass is 32.2. The summed E-state index contributed by atoms with van der Waals surface area (Å²) in [7, 11) is -3.78. The van der Waals surface area contributed by atoms with Gasteiger partial charge in [0, 0.05) is 5.69 Å². The molecule has 0 bridgehead atoms. The molecule has 0 aliphatic rings. The molecule has 0 fully saturated rings. The van der Waals surface area contributed by atoms with E-state index < -0.39 is 16.1 Å². The van der Waals surface area contributed by atoms with Crippen molar-refractivity contribution < 1.29 is 13.2 Å². The molecule has 5 nitrogen and oxygen atoms in total. The van der Waals surface area contributed by atoms with E-state index in [2.05, 4.69) is 23.9 Å². The monoisotopic (exact) mass is 420 g/mol. The number of carbonyl (C=O) groups is 1. The smallest absolute Gasteiger partial charge is 0.242 e. The minimum Gasteiger partial charge on any atom is -0.325 e. The lowest BCUT2D eigenvalue weighted by Gasteiger charge is -2.18. The number of hydrogen-bond donors (Lipinski definition) is 2. The molecular weight excluding hydrogens is 392 g/mol. The summed E-state index contributed by atoms with van der Waals surface area (Å²) in [6.45, 7) is 6.10. The van der Waals surface area contributed by atoms with Crippen LogP contribution < -0.4 is 10.0 Å². The molecule has 1 amide bonds. The zero-order valence-electron chi connectivity index (χ0n) is 16.7. The highest BCUT2D eigenvalue weighted by molar-refractivity contribution is 7.98. The van der Waals surface area contributed by atoms with Gasteiger partial charge in [0.1, 0.15) is 6.04 Å². The maximum atomic E-state index is 12.8. The summed E-state index contributed by atoms with van der Waals surface area (Å²) in [5, 5.41) is 2.83. The van der Waals surface area contributed by atoms with Gasteiger partial charge in [-0.2, -0.15) is 16.5 Å². The van der Waals surface area contributed by atoms with Crippen molar-refractivity contribution in [2.75, 3.05) is 17.3 Å². The average Bonchev–Trinajstić information content (AvgIpc) is 2.65. The highest BCUT2D eigenvalue weighted by Crippen LogP contribution is 2.18. The lowest BCUT2D eigenvalue weighted by molar-refractivity contribution is -0.117. The van der Waals surface area contributed by atoms with Crippen LogP contribution in [-0.4, -0.2) is 32.4 Å². The molecule has 0 spiro atoms. The van der Waals surface area contributed by atoms with Crippen molar-refractivity contribution >= 4 is 33.4 Å². The highest BCUT2D eigenvalue weighted by Gasteiger charge is 2.25. The number of sulfonamides is 1. The van der Waals surface area contributed by atoms with Gasteiger partial charge < -0.3 is 5.32 Å². The van der Waals surface area contributed by atoms with Crippen LogP contribution in [0.5, 0.6) is 0 Å². The van der Waals surface area contributed by atoms with Crippen LogP contribution in [0, 0.1) is 6.92 Å². The van der Waals surface area contributed by atoms with Crippen LogP contribution in [0.2, 0.25) is 0 Å². The van der Waals surface area contributed by atoms with E-state index in [1.807, 2.05) is 37.4 Å². The zero-order chi connectivity index (χ0) is 20.7. The Kier molecular flexibility index (Phi) is 8.10. The number of hydrogen-bond acceptors (Lipinski definition) is 4. The molecular formula is C21H28N2O3S2. The molecule has 0 aliphatic heterocycles. The lowest BCUT2D eigenvalue weighted by Crippen LogP contribution is -2.44. The minimum absolute atomic E-state index is 0.154. The van der Waals surface area contributed by atoms with Gasteiger partial charge in [0.05, 0.1) is 4.90 Å². The summed E-state index contributed by atoms with van der Waals surface area (Å²) in [5.41, 5.74) is 2.80. The SMILES string of the molecule is CSCCC(NS(=O)(=O)c1ccc(C)cc1)C(=O)Nc1ccc(C(C)C)cc1. The van der Waals surface area contributed by atoms with E-state index in [1.165, 1.54) is 5.56 Å². The minimum atomic E-state index is -3.78. The van der Waals surface area contributed by atoms with Crippen molar-refractivity contribution in [1.82, 2.24) is 4.72 Å². The summed E-state index contributed by atoms with van der Waals surface area (Å²) in [5.74, 6) is 0.711. The maximum Gasteiger partial charge on any atom is 0.242 e. The Hall–Kier alpha value is -1.83. The van der Waals surface area contributed by atoms with Crippen LogP contribution in [-0.2, 0) is 14.8 Å². The number of thioether (sulfide) groups is 1. The fourth-order valence-electron chi connectivity index (χ4n) is 2.63. The summed E-state index contributed by atoms with van der Waals surface area (Å²) in [6, 6.07) is 13.3. The van der Waals surface area contributed by atoms with E-state index >= 15 is 0 Å². The van der Waals surface area contributed by atoms with Crippen LogP contribution in [0.1, 0.15) is 37.3 Å². The van der Waals surface area contributed by atoms with Crippen molar-refractivity contribution in [2.45, 2.75) is 44.0 Å². The van der Waals surface area contributed by atoms with E-state index in [0.29, 0.717) is 23.8 Å². The third-order valence-electron chi connectivity index (χ3n) is 4.40. The third-order valence-corrected chi connectivity index (χ3v) is 6.53. The Bertz CT molecular complexity index is 877. The first kappa shape index (κ1) is 22.5. The summed E-state index contributed by atoms with van der Waals surface area (Å²) in [6.07, 6.45) is 2.33. The molecule has 0 saturated heterocycles. The topological polar surface area (TPSA) is 75.3 Å². The lowest BCUT2D eigenvalue weighted by atomic mass is 10.0. The molecule has 0 aliphatic carbocycles. The van der Waals surface area contributed by atoms with Crippen molar-refractivity contribution in [3.8, 4) is 0 Å². The van der Waals surface area contributed by atoms with Gasteiger partial charge in [-0.05, 0) is 61.1 Å². The fourth-order valence-corrected chi connectivity index (χ4v) is 4.33. The number of carbonyl (C=O) groups excluding carboxylic acids is 1. The molecule has 0 saturated carbocycles. The second-order valence-electron chi connectivity index (χ2n) is 7.03. The van der Waals surface area contributed by atoms with E-state index in [1.54, 1.807) is 36.0 Å². The van der Waals surface area contributed by atoms with Gasteiger partial charge in [-0.3, -0.25) is 4.79 Å². The first-order chi connectivity index (χ1) is 13.2. The van der Waals surface area contributed by atoms with Crippen LogP contribution in [0.25, 0.3) is 0 Å². The normalized spacial score (nSPS) is 12.8. The van der Waals surface area contributed by atoms with Crippen molar-refractivity contribution in [3.63, 3.8) is 0 Å². The fraction of sp³-hybridized carbons (Fsp3) is 0.381. The van der Waals surface area contributed by atoms with E-state index in [0.717, 1.165) is 5.56 Å². The standard InChI is InChI=1S/C21H28N2O3S2/c1-15(2)17-7-9-18(10-8-17)22-21(24)20(13-14-27-4)23-28(25,26)19-11-5-16(3)6-12-19/h5-12,15,20,23H,13-14H2,1-4H3,(H,22,24). The molecule has 1 unspecified atom stereocenters. The Morgan fingerprint density at radius 3 is 2.18 bits per heavy atom. The van der Waals surface area contributed by atoms with Crippen molar-refractivity contribution in [3.05, 3.63) is 59.7 Å². The van der Waals surface area contributed by atoms with E-state index in [4.69, 9.17) is 0 Å². The summed E-state index contributed by atoms with van der Waals surface area (Å²) in [4.78, 5) is 12.9. The Balaban J connectivity index is 2.15. The predicted molar refractivity (Wildman–Crippen MR) is 117 cm³/mol. The molecule has 0 radical (unpaired) electrons. The van der Waals surface area contributed by atoms with Crippen LogP contribution in [0.3, 0.4) is 0 Å². The average molecular weight is 421 g/mol. The summed E-state index contributed by atoms with van der Waals surface area (Å²) < 4.78 is 28.0. The number of rotatable bonds is 9. The molecule has 0 heterocycles. The Morgan fingerprint density at radius 2 is 1.64 bits per heavy atom. The van der Waals surface area contributed by atoms with Gasteiger partial charge >= 0.3 is 0 Å². The van der Waals surface area contributed by atoms with E-state index in [-0.39, 0.29) is 10.8 Å². The second kappa shape index (κ2) is 10.1. The molecule has 28 heavy (non-hydrogen) atoms. The second-order valence-corrected chi connectivity index (χ2v) is 9.73. The van der Waals surface area contributed by atoms with Gasteiger partial charge in [-0.15, -0.1) is 0 Å². The van der Waals surface area contributed by atoms with E-state index in [9.17, 15) is 13.2 Å². The third kappa shape index (κ3) is 6.36. The van der Waals surface area contributed by atoms with Crippen molar-refractivity contribution in [1.29, 1.82) is 0 Å². The first-order valence-corrected chi connectivity index (χ1v) is 12.1. The van der Waals surface area contributed by atoms with Gasteiger partial charge in [-0.1, -0.05) is 43.7 Å². The number of aryl methyl sites for hydroxylation is 1. The number of nitrogens with one attached hydrogen (secondary N) is 2. The number of anilines is 1. The molecule has 2 rings (SSSR count).